The van der Waals surface area contributed by atoms with E-state index in [1.54, 1.807) is 24.0 Å². The predicted octanol–water partition coefficient (Wildman–Crippen LogP) is 4.76. The van der Waals surface area contributed by atoms with Gasteiger partial charge in [0.15, 0.2) is 0 Å². The van der Waals surface area contributed by atoms with Crippen molar-refractivity contribution in [3.05, 3.63) is 29.7 Å². The molecule has 26 heavy (non-hydrogen) atoms. The number of nitrogens with zero attached hydrogens (tertiary/aromatic N) is 2. The van der Waals surface area contributed by atoms with Crippen LogP contribution in [0.4, 0.5) is 5.82 Å². The summed E-state index contributed by atoms with van der Waals surface area (Å²) in [5.41, 5.74) is 0.441. The number of rotatable bonds is 8. The number of hydrogen-bond acceptors (Lipinski definition) is 6. The van der Waals surface area contributed by atoms with Crippen LogP contribution in [-0.4, -0.2) is 39.1 Å². The van der Waals surface area contributed by atoms with Gasteiger partial charge >= 0.3 is 5.97 Å². The molecular weight excluding hydrogens is 370 g/mol. The van der Waals surface area contributed by atoms with Crippen LogP contribution < -0.4 is 5.32 Å². The first-order chi connectivity index (χ1) is 11.9. The van der Waals surface area contributed by atoms with E-state index in [2.05, 4.69) is 42.6 Å². The molecule has 0 saturated carbocycles. The minimum Gasteiger partial charge on any atom is -0.459 e. The molecule has 0 saturated heterocycles. The second-order valence-corrected chi connectivity index (χ2v) is 9.54. The molecule has 1 atom stereocenters. The average molecular weight is 400 g/mol. The topological polar surface area (TPSA) is 64.1 Å². The van der Waals surface area contributed by atoms with E-state index in [1.165, 1.54) is 0 Å². The molecular formula is C19H30ClN3O2S. The Morgan fingerprint density at radius 3 is 2.58 bits per heavy atom. The fourth-order valence-corrected chi connectivity index (χ4v) is 3.42. The molecule has 1 heterocycles. The third-order valence-corrected chi connectivity index (χ3v) is 4.67. The molecule has 0 aliphatic rings. The highest BCUT2D eigenvalue weighted by Gasteiger charge is 2.26. The lowest BCUT2D eigenvalue weighted by Gasteiger charge is -2.32. The van der Waals surface area contributed by atoms with Gasteiger partial charge in [0.1, 0.15) is 11.4 Å². The van der Waals surface area contributed by atoms with Crippen LogP contribution in [0.3, 0.4) is 0 Å². The largest absolute Gasteiger partial charge is 0.459 e. The molecule has 1 rings (SSSR count). The van der Waals surface area contributed by atoms with Gasteiger partial charge in [-0.3, -0.25) is 4.79 Å². The third-order valence-electron chi connectivity index (χ3n) is 3.48. The standard InChI is InChI=1S/C19H30ClN3O2S/c1-8-9-13-10-21-17(20)23-16(13)22-14(18(2,3)4)11-26-12-15(24)25-19(5,6)7/h8,10,14H,1,9,11-12H2,2-7H3,(H,21,22,23)/t14-/m1/s1. The van der Waals surface area contributed by atoms with Gasteiger partial charge in [0.05, 0.1) is 5.75 Å². The highest BCUT2D eigenvalue weighted by atomic mass is 35.5. The number of carbonyl (C=O) groups is 1. The van der Waals surface area contributed by atoms with E-state index in [1.807, 2.05) is 20.8 Å². The Kier molecular flexibility index (Phi) is 8.41. The molecule has 1 N–H and O–H groups in total. The molecule has 0 spiro atoms. The Hall–Kier alpha value is -1.27. The van der Waals surface area contributed by atoms with Crippen molar-refractivity contribution < 1.29 is 9.53 Å². The maximum Gasteiger partial charge on any atom is 0.316 e. The third kappa shape index (κ3) is 8.41. The van der Waals surface area contributed by atoms with Gasteiger partial charge in [0.25, 0.3) is 0 Å². The number of nitrogens with one attached hydrogen (secondary N) is 1. The number of carbonyl (C=O) groups excluding carboxylic acids is 1. The van der Waals surface area contributed by atoms with Gasteiger partial charge in [-0.15, -0.1) is 18.3 Å². The monoisotopic (exact) mass is 399 g/mol. The molecule has 0 aliphatic carbocycles. The van der Waals surface area contributed by atoms with Gasteiger partial charge in [-0.25, -0.2) is 9.97 Å². The van der Waals surface area contributed by atoms with E-state index in [0.717, 1.165) is 11.3 Å². The molecule has 1 aromatic rings. The maximum absolute atomic E-state index is 11.9. The van der Waals surface area contributed by atoms with Crippen molar-refractivity contribution in [2.24, 2.45) is 5.41 Å². The van der Waals surface area contributed by atoms with Crippen molar-refractivity contribution in [3.63, 3.8) is 0 Å². The summed E-state index contributed by atoms with van der Waals surface area (Å²) < 4.78 is 5.36. The van der Waals surface area contributed by atoms with Crippen LogP contribution in [-0.2, 0) is 16.0 Å². The second-order valence-electron chi connectivity index (χ2n) is 8.17. The molecule has 0 unspecified atom stereocenters. The highest BCUT2D eigenvalue weighted by molar-refractivity contribution is 7.99. The fraction of sp³-hybridized carbons (Fsp3) is 0.632. The minimum absolute atomic E-state index is 0.0379. The lowest BCUT2D eigenvalue weighted by atomic mass is 9.88. The number of esters is 1. The van der Waals surface area contributed by atoms with Crippen molar-refractivity contribution in [2.45, 2.75) is 59.6 Å². The van der Waals surface area contributed by atoms with Gasteiger partial charge in [0.2, 0.25) is 5.28 Å². The summed E-state index contributed by atoms with van der Waals surface area (Å²) in [7, 11) is 0. The van der Waals surface area contributed by atoms with Crippen LogP contribution in [0, 0.1) is 5.41 Å². The number of ether oxygens (including phenoxy) is 1. The quantitative estimate of drug-likeness (QED) is 0.386. The second kappa shape index (κ2) is 9.60. The number of hydrogen-bond donors (Lipinski definition) is 1. The van der Waals surface area contributed by atoms with Crippen LogP contribution in [0.2, 0.25) is 5.28 Å². The number of thioether (sulfide) groups is 1. The summed E-state index contributed by atoms with van der Waals surface area (Å²) in [4.78, 5) is 20.3. The average Bonchev–Trinajstić information content (AvgIpc) is 2.46. The number of aromatic nitrogens is 2. The summed E-state index contributed by atoms with van der Waals surface area (Å²) >= 11 is 7.51. The smallest absolute Gasteiger partial charge is 0.316 e. The van der Waals surface area contributed by atoms with E-state index in [4.69, 9.17) is 16.3 Å². The van der Waals surface area contributed by atoms with Crippen molar-refractivity contribution in [1.82, 2.24) is 9.97 Å². The van der Waals surface area contributed by atoms with Crippen LogP contribution >= 0.6 is 23.4 Å². The molecule has 146 valence electrons. The number of halogens is 1. The van der Waals surface area contributed by atoms with Crippen molar-refractivity contribution >= 4 is 35.1 Å². The molecule has 0 radical (unpaired) electrons. The Morgan fingerprint density at radius 2 is 2.04 bits per heavy atom. The zero-order valence-corrected chi connectivity index (χ0v) is 18.1. The van der Waals surface area contributed by atoms with E-state index >= 15 is 0 Å². The van der Waals surface area contributed by atoms with E-state index in [-0.39, 0.29) is 22.7 Å². The van der Waals surface area contributed by atoms with E-state index in [9.17, 15) is 4.79 Å². The Morgan fingerprint density at radius 1 is 1.38 bits per heavy atom. The summed E-state index contributed by atoms with van der Waals surface area (Å²) in [5.74, 6) is 1.56. The molecule has 5 nitrogen and oxygen atoms in total. The normalized spacial score (nSPS) is 13.2. The minimum atomic E-state index is -0.462. The van der Waals surface area contributed by atoms with Crippen molar-refractivity contribution in [1.29, 1.82) is 0 Å². The lowest BCUT2D eigenvalue weighted by Crippen LogP contribution is -2.37. The van der Waals surface area contributed by atoms with Gasteiger partial charge in [-0.2, -0.15) is 0 Å². The first-order valence-corrected chi connectivity index (χ1v) is 10.1. The number of allylic oxidation sites excluding steroid dienone is 1. The van der Waals surface area contributed by atoms with Gasteiger partial charge < -0.3 is 10.1 Å². The van der Waals surface area contributed by atoms with E-state index < -0.39 is 5.60 Å². The van der Waals surface area contributed by atoms with Gasteiger partial charge in [-0.05, 0) is 44.2 Å². The molecule has 0 aromatic carbocycles. The molecule has 1 aromatic heterocycles. The van der Waals surface area contributed by atoms with Crippen molar-refractivity contribution in [2.75, 3.05) is 16.8 Å². The Bertz CT molecular complexity index is 624. The lowest BCUT2D eigenvalue weighted by molar-refractivity contribution is -0.151. The summed E-state index contributed by atoms with van der Waals surface area (Å²) in [5, 5.41) is 3.68. The van der Waals surface area contributed by atoms with Crippen LogP contribution in [0.5, 0.6) is 0 Å². The molecule has 0 amide bonds. The first kappa shape index (κ1) is 22.8. The zero-order valence-electron chi connectivity index (χ0n) is 16.6. The zero-order chi connectivity index (χ0) is 20.0. The summed E-state index contributed by atoms with van der Waals surface area (Å²) in [6, 6.07) is 0.0875. The van der Waals surface area contributed by atoms with Crippen LogP contribution in [0.15, 0.2) is 18.9 Å². The van der Waals surface area contributed by atoms with Crippen LogP contribution in [0.25, 0.3) is 0 Å². The van der Waals surface area contributed by atoms with Gasteiger partial charge in [0, 0.05) is 23.6 Å². The van der Waals surface area contributed by atoms with E-state index in [0.29, 0.717) is 18.0 Å². The number of anilines is 1. The summed E-state index contributed by atoms with van der Waals surface area (Å²) in [6.45, 7) is 15.8. The SMILES string of the molecule is C=CCc1cnc(Cl)nc1N[C@H](CSCC(=O)OC(C)(C)C)C(C)(C)C. The van der Waals surface area contributed by atoms with Gasteiger partial charge in [-0.1, -0.05) is 26.8 Å². The molecule has 0 bridgehead atoms. The Balaban J connectivity index is 2.79. The molecule has 0 fully saturated rings. The fourth-order valence-electron chi connectivity index (χ4n) is 2.12. The summed E-state index contributed by atoms with van der Waals surface area (Å²) in [6.07, 6.45) is 4.18. The van der Waals surface area contributed by atoms with Crippen LogP contribution in [0.1, 0.15) is 47.1 Å². The predicted molar refractivity (Wildman–Crippen MR) is 111 cm³/mol. The highest BCUT2D eigenvalue weighted by Crippen LogP contribution is 2.27. The molecule has 0 aliphatic heterocycles. The van der Waals surface area contributed by atoms with Crippen molar-refractivity contribution in [3.8, 4) is 0 Å². The molecule has 7 heteroatoms. The maximum atomic E-state index is 11.9. The first-order valence-electron chi connectivity index (χ1n) is 8.61. The Labute approximate surface area is 166 Å².